The van der Waals surface area contributed by atoms with E-state index in [0.717, 1.165) is 33.3 Å². The van der Waals surface area contributed by atoms with E-state index in [4.69, 9.17) is 4.74 Å². The van der Waals surface area contributed by atoms with Crippen molar-refractivity contribution < 1.29 is 13.9 Å². The molecule has 0 saturated carbocycles. The number of aromatic amines is 1. The summed E-state index contributed by atoms with van der Waals surface area (Å²) in [5.41, 5.74) is 4.42. The number of pyridine rings is 1. The van der Waals surface area contributed by atoms with Crippen molar-refractivity contribution in [2.24, 2.45) is 0 Å². The summed E-state index contributed by atoms with van der Waals surface area (Å²) in [6.45, 7) is 0.188. The second kappa shape index (κ2) is 8.91. The van der Waals surface area contributed by atoms with E-state index >= 15 is 0 Å². The number of hydrogen-bond donors (Lipinski definition) is 2. The molecule has 2 aromatic heterocycles. The number of benzene rings is 2. The van der Waals surface area contributed by atoms with E-state index in [-0.39, 0.29) is 18.3 Å². The molecule has 1 amide bonds. The lowest BCUT2D eigenvalue weighted by Gasteiger charge is -2.17. The van der Waals surface area contributed by atoms with Gasteiger partial charge in [0.25, 0.3) is 5.91 Å². The largest absolute Gasteiger partial charge is 0.488 e. The van der Waals surface area contributed by atoms with Gasteiger partial charge in [-0.2, -0.15) is 0 Å². The number of nitrogens with one attached hydrogen (secondary N) is 2. The van der Waals surface area contributed by atoms with Gasteiger partial charge in [0.05, 0.1) is 17.0 Å². The fourth-order valence-electron chi connectivity index (χ4n) is 3.57. The zero-order valence-electron chi connectivity index (χ0n) is 17.6. The number of imidazole rings is 1. The maximum Gasteiger partial charge on any atom is 0.256 e. The van der Waals surface area contributed by atoms with Crippen molar-refractivity contribution in [2.45, 2.75) is 5.16 Å². The van der Waals surface area contributed by atoms with Gasteiger partial charge in [0.15, 0.2) is 5.16 Å². The number of anilines is 1. The summed E-state index contributed by atoms with van der Waals surface area (Å²) in [4.78, 5) is 25.1. The molecule has 0 bridgehead atoms. The maximum atomic E-state index is 13.4. The third-order valence-electron chi connectivity index (χ3n) is 5.21. The highest BCUT2D eigenvalue weighted by Crippen LogP contribution is 2.33. The number of H-pyrrole nitrogens is 1. The summed E-state index contributed by atoms with van der Waals surface area (Å²) in [5.74, 6) is 0.573. The Kier molecular flexibility index (Phi) is 5.66. The van der Waals surface area contributed by atoms with E-state index in [9.17, 15) is 9.18 Å². The Bertz CT molecular complexity index is 1370. The molecule has 4 aromatic rings. The van der Waals surface area contributed by atoms with E-state index < -0.39 is 0 Å². The van der Waals surface area contributed by atoms with Crippen LogP contribution in [0.15, 0.2) is 77.6 Å². The number of carbonyl (C=O) groups is 1. The Hall–Kier alpha value is -3.91. The average Bonchev–Trinajstić information content (AvgIpc) is 3.29. The SMILES string of the molecule is CSc1nc(-c2ccnc(NC(=O)C3=Cc4ccccc4OC3)c2)c(-c2ccc(F)cc2)[nH]1. The van der Waals surface area contributed by atoms with Gasteiger partial charge in [0, 0.05) is 22.9 Å². The second-order valence-corrected chi connectivity index (χ2v) is 8.15. The van der Waals surface area contributed by atoms with Crippen LogP contribution in [0.25, 0.3) is 28.6 Å². The summed E-state index contributed by atoms with van der Waals surface area (Å²) in [5, 5.41) is 3.58. The molecule has 8 heteroatoms. The predicted molar refractivity (Wildman–Crippen MR) is 128 cm³/mol. The molecule has 33 heavy (non-hydrogen) atoms. The zero-order chi connectivity index (χ0) is 22.8. The summed E-state index contributed by atoms with van der Waals surface area (Å²) < 4.78 is 19.1. The molecule has 6 nitrogen and oxygen atoms in total. The van der Waals surface area contributed by atoms with Gasteiger partial charge < -0.3 is 15.0 Å². The molecule has 1 aliphatic heterocycles. The summed E-state index contributed by atoms with van der Waals surface area (Å²) in [6, 6.07) is 17.4. The topological polar surface area (TPSA) is 79.9 Å². The number of carbonyl (C=O) groups excluding carboxylic acids is 1. The molecule has 164 valence electrons. The maximum absolute atomic E-state index is 13.4. The first-order valence-corrected chi connectivity index (χ1v) is 11.4. The summed E-state index contributed by atoms with van der Waals surface area (Å²) in [6.07, 6.45) is 5.37. The van der Waals surface area contributed by atoms with Crippen LogP contribution in [0.3, 0.4) is 0 Å². The highest BCUT2D eigenvalue weighted by atomic mass is 32.2. The minimum absolute atomic E-state index is 0.188. The highest BCUT2D eigenvalue weighted by Gasteiger charge is 2.19. The first kappa shape index (κ1) is 21.0. The summed E-state index contributed by atoms with van der Waals surface area (Å²) in [7, 11) is 0. The highest BCUT2D eigenvalue weighted by molar-refractivity contribution is 7.98. The third kappa shape index (κ3) is 4.38. The fraction of sp³-hybridized carbons (Fsp3) is 0.0800. The molecule has 5 rings (SSSR count). The number of halogens is 1. The molecule has 0 saturated heterocycles. The number of amides is 1. The molecule has 0 fully saturated rings. The number of fused-ring (bicyclic) bond motifs is 1. The van der Waals surface area contributed by atoms with E-state index in [0.29, 0.717) is 17.1 Å². The van der Waals surface area contributed by atoms with Crippen molar-refractivity contribution in [3.8, 4) is 28.3 Å². The van der Waals surface area contributed by atoms with Crippen molar-refractivity contribution in [1.82, 2.24) is 15.0 Å². The van der Waals surface area contributed by atoms with Gasteiger partial charge in [0.2, 0.25) is 0 Å². The van der Waals surface area contributed by atoms with Gasteiger partial charge in [-0.15, -0.1) is 0 Å². The van der Waals surface area contributed by atoms with Crippen molar-refractivity contribution in [1.29, 1.82) is 0 Å². The first-order valence-electron chi connectivity index (χ1n) is 10.2. The zero-order valence-corrected chi connectivity index (χ0v) is 18.4. The van der Waals surface area contributed by atoms with Gasteiger partial charge in [-0.1, -0.05) is 30.0 Å². The van der Waals surface area contributed by atoms with Crippen LogP contribution in [0.2, 0.25) is 0 Å². The Morgan fingerprint density at radius 3 is 2.76 bits per heavy atom. The third-order valence-corrected chi connectivity index (χ3v) is 5.79. The number of thioether (sulfide) groups is 1. The normalized spacial score (nSPS) is 12.5. The Morgan fingerprint density at radius 1 is 1.12 bits per heavy atom. The van der Waals surface area contributed by atoms with Crippen molar-refractivity contribution in [3.05, 3.63) is 83.8 Å². The van der Waals surface area contributed by atoms with Crippen LogP contribution in [-0.4, -0.2) is 33.7 Å². The number of para-hydroxylation sites is 1. The first-order chi connectivity index (χ1) is 16.1. The minimum Gasteiger partial charge on any atom is -0.488 e. The number of aromatic nitrogens is 3. The van der Waals surface area contributed by atoms with Gasteiger partial charge >= 0.3 is 0 Å². The lowest BCUT2D eigenvalue weighted by Crippen LogP contribution is -2.21. The molecular weight excluding hydrogens is 439 g/mol. The van der Waals surface area contributed by atoms with Crippen LogP contribution in [0.4, 0.5) is 10.2 Å². The molecule has 0 spiro atoms. The molecule has 2 aromatic carbocycles. The molecule has 0 radical (unpaired) electrons. The van der Waals surface area contributed by atoms with E-state index in [1.54, 1.807) is 24.4 Å². The number of ether oxygens (including phenoxy) is 1. The smallest absolute Gasteiger partial charge is 0.256 e. The van der Waals surface area contributed by atoms with Crippen LogP contribution < -0.4 is 10.1 Å². The minimum atomic E-state index is -0.303. The van der Waals surface area contributed by atoms with Crippen LogP contribution in [0, 0.1) is 5.82 Å². The lowest BCUT2D eigenvalue weighted by molar-refractivity contribution is -0.113. The van der Waals surface area contributed by atoms with Crippen LogP contribution in [-0.2, 0) is 4.79 Å². The van der Waals surface area contributed by atoms with Crippen LogP contribution in [0.1, 0.15) is 5.56 Å². The molecular formula is C25H19FN4O2S. The Labute approximate surface area is 193 Å². The van der Waals surface area contributed by atoms with Gasteiger partial charge in [0.1, 0.15) is 24.0 Å². The summed E-state index contributed by atoms with van der Waals surface area (Å²) >= 11 is 1.48. The van der Waals surface area contributed by atoms with Gasteiger partial charge in [-0.25, -0.2) is 14.4 Å². The van der Waals surface area contributed by atoms with Crippen molar-refractivity contribution >= 4 is 29.6 Å². The average molecular weight is 459 g/mol. The standard InChI is InChI=1S/C25H19FN4O2S/c1-33-25-29-22(15-6-8-19(26)9-7-15)23(30-25)17-10-11-27-21(13-17)28-24(31)18-12-16-4-2-3-5-20(16)32-14-18/h2-13H,14H2,1H3,(H,29,30)(H,27,28,31). The quantitative estimate of drug-likeness (QED) is 0.391. The second-order valence-electron chi connectivity index (χ2n) is 7.36. The van der Waals surface area contributed by atoms with Crippen LogP contribution >= 0.6 is 11.8 Å². The Balaban J connectivity index is 1.44. The van der Waals surface area contributed by atoms with E-state index in [1.165, 1.54) is 23.9 Å². The molecule has 0 aliphatic carbocycles. The lowest BCUT2D eigenvalue weighted by atomic mass is 10.1. The number of nitrogens with zero attached hydrogens (tertiary/aromatic N) is 2. The molecule has 0 unspecified atom stereocenters. The molecule has 0 atom stereocenters. The van der Waals surface area contributed by atoms with E-state index in [1.807, 2.05) is 42.7 Å². The molecule has 1 aliphatic rings. The number of rotatable bonds is 5. The van der Waals surface area contributed by atoms with Gasteiger partial charge in [-0.05, 0) is 54.8 Å². The van der Waals surface area contributed by atoms with Crippen molar-refractivity contribution in [3.63, 3.8) is 0 Å². The fourth-order valence-corrected chi connectivity index (χ4v) is 3.96. The monoisotopic (exact) mass is 458 g/mol. The molecule has 3 heterocycles. The molecule has 2 N–H and O–H groups in total. The van der Waals surface area contributed by atoms with Gasteiger partial charge in [-0.3, -0.25) is 4.79 Å². The van der Waals surface area contributed by atoms with E-state index in [2.05, 4.69) is 20.3 Å². The van der Waals surface area contributed by atoms with Crippen LogP contribution in [0.5, 0.6) is 5.75 Å². The Morgan fingerprint density at radius 2 is 1.94 bits per heavy atom. The number of hydrogen-bond acceptors (Lipinski definition) is 5. The van der Waals surface area contributed by atoms with Crippen molar-refractivity contribution in [2.75, 3.05) is 18.2 Å². The predicted octanol–water partition coefficient (Wildman–Crippen LogP) is 5.41.